The molecule has 0 bridgehead atoms. The number of methoxy groups -OCH3 is 1. The van der Waals surface area contributed by atoms with Crippen LogP contribution in [0.3, 0.4) is 0 Å². The number of ketones is 1. The van der Waals surface area contributed by atoms with Crippen LogP contribution in [0.1, 0.15) is 50.2 Å². The molecule has 122 valence electrons. The first-order chi connectivity index (χ1) is 11.1. The molecule has 0 spiro atoms. The number of H-pyrrole nitrogens is 1. The van der Waals surface area contributed by atoms with Gasteiger partial charge in [0.15, 0.2) is 5.78 Å². The van der Waals surface area contributed by atoms with Crippen LogP contribution in [0.4, 0.5) is 0 Å². The van der Waals surface area contributed by atoms with Crippen molar-refractivity contribution >= 4 is 11.8 Å². The van der Waals surface area contributed by atoms with Crippen molar-refractivity contribution in [3.8, 4) is 0 Å². The third kappa shape index (κ3) is 2.94. The highest BCUT2D eigenvalue weighted by molar-refractivity contribution is 6.03. The Morgan fingerprint density at radius 1 is 1.39 bits per heavy atom. The summed E-state index contributed by atoms with van der Waals surface area (Å²) in [5, 5.41) is 0. The van der Waals surface area contributed by atoms with Gasteiger partial charge in [-0.05, 0) is 31.0 Å². The summed E-state index contributed by atoms with van der Waals surface area (Å²) < 4.78 is 15.4. The molecule has 0 fully saturated rings. The van der Waals surface area contributed by atoms with Crippen LogP contribution in [-0.2, 0) is 15.9 Å². The molecule has 3 rings (SSSR count). The first kappa shape index (κ1) is 15.6. The third-order valence-corrected chi connectivity index (χ3v) is 4.16. The smallest absolute Gasteiger partial charge is 0.355 e. The van der Waals surface area contributed by atoms with E-state index in [4.69, 9.17) is 13.9 Å². The van der Waals surface area contributed by atoms with Crippen molar-refractivity contribution in [1.29, 1.82) is 0 Å². The van der Waals surface area contributed by atoms with Crippen LogP contribution in [0.5, 0.6) is 0 Å². The summed E-state index contributed by atoms with van der Waals surface area (Å²) >= 11 is 0. The van der Waals surface area contributed by atoms with E-state index in [1.807, 2.05) is 12.1 Å². The fourth-order valence-corrected chi connectivity index (χ4v) is 3.05. The van der Waals surface area contributed by atoms with Gasteiger partial charge in [-0.25, -0.2) is 4.79 Å². The van der Waals surface area contributed by atoms with Crippen molar-refractivity contribution in [3.63, 3.8) is 0 Å². The van der Waals surface area contributed by atoms with Gasteiger partial charge in [0.25, 0.3) is 0 Å². The van der Waals surface area contributed by atoms with Gasteiger partial charge in [0.2, 0.25) is 0 Å². The minimum absolute atomic E-state index is 0.000381. The van der Waals surface area contributed by atoms with E-state index in [1.54, 1.807) is 20.3 Å². The summed E-state index contributed by atoms with van der Waals surface area (Å²) in [5.41, 5.74) is 2.40. The highest BCUT2D eigenvalue weighted by Crippen LogP contribution is 2.35. The van der Waals surface area contributed by atoms with Crippen LogP contribution in [0.2, 0.25) is 0 Å². The Bertz CT molecular complexity index is 714. The van der Waals surface area contributed by atoms with E-state index in [9.17, 15) is 9.59 Å². The SMILES string of the molecule is COCCOC(=O)c1[nH]c2c(c1C)C(=O)C[C@@H](c1ccco1)C2. The number of aromatic amines is 1. The third-order valence-electron chi connectivity index (χ3n) is 4.16. The lowest BCUT2D eigenvalue weighted by Crippen LogP contribution is -2.18. The average molecular weight is 317 g/mol. The highest BCUT2D eigenvalue weighted by atomic mass is 16.6. The molecule has 6 nitrogen and oxygen atoms in total. The van der Waals surface area contributed by atoms with E-state index >= 15 is 0 Å². The van der Waals surface area contributed by atoms with Gasteiger partial charge in [0.05, 0.1) is 12.9 Å². The summed E-state index contributed by atoms with van der Waals surface area (Å²) in [6.45, 7) is 2.29. The lowest BCUT2D eigenvalue weighted by molar-refractivity contribution is 0.0381. The molecule has 1 atom stereocenters. The van der Waals surface area contributed by atoms with E-state index in [0.717, 1.165) is 11.5 Å². The quantitative estimate of drug-likeness (QED) is 0.677. The number of aromatic nitrogens is 1. The molecule has 6 heteroatoms. The van der Waals surface area contributed by atoms with Crippen LogP contribution in [0.25, 0.3) is 0 Å². The maximum absolute atomic E-state index is 12.5. The van der Waals surface area contributed by atoms with Crippen molar-refractivity contribution < 1.29 is 23.5 Å². The lowest BCUT2D eigenvalue weighted by Gasteiger charge is -2.19. The van der Waals surface area contributed by atoms with Crippen molar-refractivity contribution in [2.75, 3.05) is 20.3 Å². The Morgan fingerprint density at radius 3 is 2.91 bits per heavy atom. The summed E-state index contributed by atoms with van der Waals surface area (Å²) in [7, 11) is 1.54. The number of fused-ring (bicyclic) bond motifs is 1. The Hall–Kier alpha value is -2.34. The van der Waals surface area contributed by atoms with Crippen LogP contribution >= 0.6 is 0 Å². The fourth-order valence-electron chi connectivity index (χ4n) is 3.05. The summed E-state index contributed by atoms with van der Waals surface area (Å²) in [4.78, 5) is 27.7. The van der Waals surface area contributed by atoms with Crippen molar-refractivity contribution in [2.45, 2.75) is 25.7 Å². The van der Waals surface area contributed by atoms with Crippen molar-refractivity contribution in [2.24, 2.45) is 0 Å². The second kappa shape index (κ2) is 6.42. The number of hydrogen-bond acceptors (Lipinski definition) is 5. The number of carbonyl (C=O) groups is 2. The van der Waals surface area contributed by atoms with Gasteiger partial charge in [-0.3, -0.25) is 4.79 Å². The molecule has 1 aliphatic rings. The number of furan rings is 1. The molecular formula is C17H19NO5. The van der Waals surface area contributed by atoms with Crippen molar-refractivity contribution in [1.82, 2.24) is 4.98 Å². The van der Waals surface area contributed by atoms with E-state index in [2.05, 4.69) is 4.98 Å². The summed E-state index contributed by atoms with van der Waals surface area (Å²) in [6.07, 6.45) is 2.63. The Morgan fingerprint density at radius 2 is 2.22 bits per heavy atom. The molecule has 0 unspecified atom stereocenters. The molecule has 0 saturated heterocycles. The maximum Gasteiger partial charge on any atom is 0.355 e. The fraction of sp³-hybridized carbons (Fsp3) is 0.412. The number of esters is 1. The maximum atomic E-state index is 12.5. The normalized spacial score (nSPS) is 17.1. The summed E-state index contributed by atoms with van der Waals surface area (Å²) in [5.74, 6) is 0.356. The molecule has 0 aliphatic heterocycles. The Labute approximate surface area is 133 Å². The number of ether oxygens (including phenoxy) is 2. The zero-order valence-corrected chi connectivity index (χ0v) is 13.2. The van der Waals surface area contributed by atoms with Crippen LogP contribution < -0.4 is 0 Å². The predicted octanol–water partition coefficient (Wildman–Crippen LogP) is 2.63. The largest absolute Gasteiger partial charge is 0.469 e. The second-order valence-corrected chi connectivity index (χ2v) is 5.65. The minimum atomic E-state index is -0.462. The van der Waals surface area contributed by atoms with Gasteiger partial charge < -0.3 is 18.9 Å². The first-order valence-electron chi connectivity index (χ1n) is 7.56. The molecule has 0 amide bonds. The van der Waals surface area contributed by atoms with Crippen molar-refractivity contribution in [3.05, 3.63) is 46.7 Å². The van der Waals surface area contributed by atoms with E-state index in [1.165, 1.54) is 0 Å². The molecule has 2 aromatic heterocycles. The van der Waals surface area contributed by atoms with Gasteiger partial charge in [-0.2, -0.15) is 0 Å². The first-order valence-corrected chi connectivity index (χ1v) is 7.56. The topological polar surface area (TPSA) is 81.5 Å². The predicted molar refractivity (Wildman–Crippen MR) is 81.8 cm³/mol. The lowest BCUT2D eigenvalue weighted by atomic mass is 9.84. The monoisotopic (exact) mass is 317 g/mol. The summed E-state index contributed by atoms with van der Waals surface area (Å²) in [6, 6.07) is 3.69. The molecule has 23 heavy (non-hydrogen) atoms. The van der Waals surface area contributed by atoms with Gasteiger partial charge in [-0.15, -0.1) is 0 Å². The molecule has 1 aliphatic carbocycles. The van der Waals surface area contributed by atoms with Crippen LogP contribution in [-0.4, -0.2) is 37.1 Å². The van der Waals surface area contributed by atoms with E-state index < -0.39 is 5.97 Å². The zero-order valence-electron chi connectivity index (χ0n) is 13.2. The Kier molecular flexibility index (Phi) is 4.34. The Balaban J connectivity index is 1.84. The molecule has 2 aromatic rings. The molecule has 0 aromatic carbocycles. The number of hydrogen-bond donors (Lipinski definition) is 1. The average Bonchev–Trinajstić information content (AvgIpc) is 3.15. The van der Waals surface area contributed by atoms with Crippen LogP contribution in [0, 0.1) is 6.92 Å². The van der Waals surface area contributed by atoms with Gasteiger partial charge in [-0.1, -0.05) is 0 Å². The van der Waals surface area contributed by atoms with Gasteiger partial charge in [0.1, 0.15) is 18.1 Å². The minimum Gasteiger partial charge on any atom is -0.469 e. The standard InChI is InChI=1S/C17H19NO5/c1-10-15-12(18-16(10)17(20)23-7-6-21-2)8-11(9-13(15)19)14-4-3-5-22-14/h3-5,11,18H,6-9H2,1-2H3/t11-/m0/s1. The van der Waals surface area contributed by atoms with E-state index in [-0.39, 0.29) is 18.3 Å². The van der Waals surface area contributed by atoms with E-state index in [0.29, 0.717) is 36.3 Å². The number of Topliss-reactive ketones (excluding diaryl/α,β-unsaturated/α-hetero) is 1. The molecule has 2 heterocycles. The number of carbonyl (C=O) groups excluding carboxylic acids is 2. The molecule has 0 saturated carbocycles. The second-order valence-electron chi connectivity index (χ2n) is 5.65. The van der Waals surface area contributed by atoms with Crippen LogP contribution in [0.15, 0.2) is 22.8 Å². The molecule has 0 radical (unpaired) electrons. The number of nitrogens with one attached hydrogen (secondary N) is 1. The molecule has 1 N–H and O–H groups in total. The number of rotatable bonds is 5. The van der Waals surface area contributed by atoms with Gasteiger partial charge >= 0.3 is 5.97 Å². The zero-order chi connectivity index (χ0) is 16.4. The highest BCUT2D eigenvalue weighted by Gasteiger charge is 2.33. The van der Waals surface area contributed by atoms with Gasteiger partial charge in [0, 0.05) is 30.7 Å². The molecular weight excluding hydrogens is 298 g/mol.